The molecule has 5 heteroatoms. The summed E-state index contributed by atoms with van der Waals surface area (Å²) in [6, 6.07) is 20.8. The number of Topliss-reactive ketones (excluding diaryl/α,β-unsaturated/α-hetero) is 1. The molecule has 1 amide bonds. The summed E-state index contributed by atoms with van der Waals surface area (Å²) in [6.07, 6.45) is 0.0628. The van der Waals surface area contributed by atoms with Crippen molar-refractivity contribution in [2.24, 2.45) is 5.92 Å². The highest BCUT2D eigenvalue weighted by Crippen LogP contribution is 2.23. The second-order valence-corrected chi connectivity index (χ2v) is 6.14. The lowest BCUT2D eigenvalue weighted by Crippen LogP contribution is -2.29. The maximum atomic E-state index is 13.7. The van der Waals surface area contributed by atoms with Gasteiger partial charge in [0, 0.05) is 17.5 Å². The molecule has 0 spiro atoms. The standard InChI is InChI=1S/C22H17FN2O2/c23-19-10-4-2-7-16(19)12-13-21(26)18(14-24)22(27)25-20-11-5-8-15-6-1-3-9-17(15)20/h1-11,18H,12-13H2,(H,25,27). The first-order chi connectivity index (χ1) is 13.1. The van der Waals surface area contributed by atoms with E-state index in [-0.39, 0.29) is 12.8 Å². The summed E-state index contributed by atoms with van der Waals surface area (Å²) in [5.74, 6) is -3.04. The van der Waals surface area contributed by atoms with Crippen molar-refractivity contribution in [1.29, 1.82) is 5.26 Å². The molecule has 1 N–H and O–H groups in total. The summed E-state index contributed by atoms with van der Waals surface area (Å²) in [5, 5.41) is 13.7. The molecule has 0 fully saturated rings. The zero-order valence-electron chi connectivity index (χ0n) is 14.5. The summed E-state index contributed by atoms with van der Waals surface area (Å²) in [6.45, 7) is 0. The molecule has 3 aromatic rings. The molecule has 0 aliphatic rings. The number of halogens is 1. The van der Waals surface area contributed by atoms with E-state index >= 15 is 0 Å². The third kappa shape index (κ3) is 4.18. The molecule has 0 saturated heterocycles. The van der Waals surface area contributed by atoms with Crippen LogP contribution in [0.15, 0.2) is 66.7 Å². The van der Waals surface area contributed by atoms with Gasteiger partial charge in [-0.15, -0.1) is 0 Å². The van der Waals surface area contributed by atoms with Crippen molar-refractivity contribution in [3.05, 3.63) is 78.1 Å². The van der Waals surface area contributed by atoms with Crippen molar-refractivity contribution in [1.82, 2.24) is 0 Å². The smallest absolute Gasteiger partial charge is 0.249 e. The summed E-state index contributed by atoms with van der Waals surface area (Å²) in [4.78, 5) is 24.8. The van der Waals surface area contributed by atoms with Gasteiger partial charge in [0.15, 0.2) is 11.7 Å². The van der Waals surface area contributed by atoms with Crippen LogP contribution in [0.2, 0.25) is 0 Å². The van der Waals surface area contributed by atoms with Crippen molar-refractivity contribution in [3.8, 4) is 6.07 Å². The molecule has 0 bridgehead atoms. The Morgan fingerprint density at radius 1 is 1.00 bits per heavy atom. The summed E-state index contributed by atoms with van der Waals surface area (Å²) >= 11 is 0. The lowest BCUT2D eigenvalue weighted by Gasteiger charge is -2.12. The first-order valence-corrected chi connectivity index (χ1v) is 8.54. The molecule has 3 rings (SSSR count). The van der Waals surface area contributed by atoms with Gasteiger partial charge in [-0.1, -0.05) is 54.6 Å². The second kappa shape index (κ2) is 8.24. The van der Waals surface area contributed by atoms with Crippen LogP contribution >= 0.6 is 0 Å². The van der Waals surface area contributed by atoms with Crippen LogP contribution in [0.3, 0.4) is 0 Å². The zero-order valence-corrected chi connectivity index (χ0v) is 14.5. The van der Waals surface area contributed by atoms with E-state index in [0.29, 0.717) is 11.3 Å². The maximum absolute atomic E-state index is 13.7. The topological polar surface area (TPSA) is 70.0 Å². The summed E-state index contributed by atoms with van der Waals surface area (Å²) in [5.41, 5.74) is 0.928. The molecule has 4 nitrogen and oxygen atoms in total. The number of nitrogens with one attached hydrogen (secondary N) is 1. The Hall–Kier alpha value is -3.52. The number of hydrogen-bond donors (Lipinski definition) is 1. The van der Waals surface area contributed by atoms with E-state index < -0.39 is 23.4 Å². The number of carbonyl (C=O) groups is 2. The fourth-order valence-electron chi connectivity index (χ4n) is 2.92. The number of amides is 1. The molecule has 134 valence electrons. The molecular weight excluding hydrogens is 343 g/mol. The molecule has 3 aromatic carbocycles. The van der Waals surface area contributed by atoms with Gasteiger partial charge in [0.05, 0.1) is 6.07 Å². The van der Waals surface area contributed by atoms with Gasteiger partial charge in [-0.25, -0.2) is 4.39 Å². The van der Waals surface area contributed by atoms with E-state index in [4.69, 9.17) is 0 Å². The minimum absolute atomic E-state index is 0.0812. The lowest BCUT2D eigenvalue weighted by atomic mass is 9.98. The fourth-order valence-corrected chi connectivity index (χ4v) is 2.92. The third-order valence-electron chi connectivity index (χ3n) is 4.36. The number of benzene rings is 3. The van der Waals surface area contributed by atoms with Crippen molar-refractivity contribution < 1.29 is 14.0 Å². The molecule has 0 aromatic heterocycles. The van der Waals surface area contributed by atoms with Crippen LogP contribution < -0.4 is 5.32 Å². The molecule has 0 saturated carbocycles. The van der Waals surface area contributed by atoms with Crippen LogP contribution in [-0.2, 0) is 16.0 Å². The van der Waals surface area contributed by atoms with Crippen molar-refractivity contribution >= 4 is 28.2 Å². The number of rotatable bonds is 6. The summed E-state index contributed by atoms with van der Waals surface area (Å²) in [7, 11) is 0. The van der Waals surface area contributed by atoms with Crippen molar-refractivity contribution in [3.63, 3.8) is 0 Å². The minimum Gasteiger partial charge on any atom is -0.324 e. The predicted octanol–water partition coefficient (Wildman–Crippen LogP) is 4.26. The van der Waals surface area contributed by atoms with Crippen LogP contribution in [-0.4, -0.2) is 11.7 Å². The van der Waals surface area contributed by atoms with Gasteiger partial charge in [0.25, 0.3) is 0 Å². The SMILES string of the molecule is N#CC(C(=O)CCc1ccccc1F)C(=O)Nc1cccc2ccccc12. The van der Waals surface area contributed by atoms with E-state index in [9.17, 15) is 19.2 Å². The molecule has 27 heavy (non-hydrogen) atoms. The van der Waals surface area contributed by atoms with Crippen LogP contribution in [0.5, 0.6) is 0 Å². The summed E-state index contributed by atoms with van der Waals surface area (Å²) < 4.78 is 13.7. The quantitative estimate of drug-likeness (QED) is 0.668. The third-order valence-corrected chi connectivity index (χ3v) is 4.36. The number of aryl methyl sites for hydroxylation is 1. The van der Waals surface area contributed by atoms with Crippen LogP contribution in [0.1, 0.15) is 12.0 Å². The second-order valence-electron chi connectivity index (χ2n) is 6.14. The van der Waals surface area contributed by atoms with Gasteiger partial charge in [0.2, 0.25) is 5.91 Å². The van der Waals surface area contributed by atoms with Gasteiger partial charge >= 0.3 is 0 Å². The van der Waals surface area contributed by atoms with Crippen LogP contribution in [0.25, 0.3) is 10.8 Å². The lowest BCUT2D eigenvalue weighted by molar-refractivity contribution is -0.128. The first kappa shape index (κ1) is 18.3. The van der Waals surface area contributed by atoms with Crippen molar-refractivity contribution in [2.75, 3.05) is 5.32 Å². The molecule has 0 aliphatic carbocycles. The Balaban J connectivity index is 1.71. The minimum atomic E-state index is -1.43. The number of hydrogen-bond acceptors (Lipinski definition) is 3. The first-order valence-electron chi connectivity index (χ1n) is 8.54. The monoisotopic (exact) mass is 360 g/mol. The Bertz CT molecular complexity index is 1030. The van der Waals surface area contributed by atoms with Crippen LogP contribution in [0.4, 0.5) is 10.1 Å². The molecule has 0 heterocycles. The average Bonchev–Trinajstić information content (AvgIpc) is 2.68. The van der Waals surface area contributed by atoms with Gasteiger partial charge in [-0.3, -0.25) is 9.59 Å². The molecule has 1 unspecified atom stereocenters. The number of fused-ring (bicyclic) bond motifs is 1. The van der Waals surface area contributed by atoms with E-state index in [2.05, 4.69) is 5.32 Å². The van der Waals surface area contributed by atoms with E-state index in [0.717, 1.165) is 10.8 Å². The molecular formula is C22H17FN2O2. The van der Waals surface area contributed by atoms with Crippen LogP contribution in [0, 0.1) is 23.1 Å². The van der Waals surface area contributed by atoms with Crippen molar-refractivity contribution in [2.45, 2.75) is 12.8 Å². The normalized spacial score (nSPS) is 11.6. The van der Waals surface area contributed by atoms with Gasteiger partial charge < -0.3 is 5.32 Å². The Morgan fingerprint density at radius 2 is 1.70 bits per heavy atom. The van der Waals surface area contributed by atoms with E-state index in [1.54, 1.807) is 36.4 Å². The number of ketones is 1. The van der Waals surface area contributed by atoms with Gasteiger partial charge in [0.1, 0.15) is 5.82 Å². The van der Waals surface area contributed by atoms with Gasteiger partial charge in [-0.05, 0) is 29.5 Å². The Labute approximate surface area is 156 Å². The zero-order chi connectivity index (χ0) is 19.2. The highest BCUT2D eigenvalue weighted by Gasteiger charge is 2.26. The Morgan fingerprint density at radius 3 is 2.48 bits per heavy atom. The van der Waals surface area contributed by atoms with E-state index in [1.165, 1.54) is 6.07 Å². The Kier molecular flexibility index (Phi) is 5.58. The molecule has 0 radical (unpaired) electrons. The largest absolute Gasteiger partial charge is 0.324 e. The fraction of sp³-hybridized carbons (Fsp3) is 0.136. The highest BCUT2D eigenvalue weighted by molar-refractivity contribution is 6.12. The number of carbonyl (C=O) groups excluding carboxylic acids is 2. The van der Waals surface area contributed by atoms with E-state index in [1.807, 2.05) is 30.3 Å². The average molecular weight is 360 g/mol. The molecule has 1 atom stereocenters. The highest BCUT2D eigenvalue weighted by atomic mass is 19.1. The number of nitrogens with zero attached hydrogens (tertiary/aromatic N) is 1. The molecule has 0 aliphatic heterocycles. The van der Waals surface area contributed by atoms with Gasteiger partial charge in [-0.2, -0.15) is 5.26 Å². The predicted molar refractivity (Wildman–Crippen MR) is 101 cm³/mol. The maximum Gasteiger partial charge on any atom is 0.249 e. The number of nitriles is 1. The number of anilines is 1.